The third kappa shape index (κ3) is 4.40. The molecule has 0 bridgehead atoms. The number of nitrogens with zero attached hydrogens (tertiary/aromatic N) is 2. The molecule has 1 aromatic heterocycles. The number of aromatic nitrogens is 1. The van der Waals surface area contributed by atoms with Crippen LogP contribution in [0.3, 0.4) is 0 Å². The summed E-state index contributed by atoms with van der Waals surface area (Å²) in [5, 5.41) is 3.86. The number of hydrazone groups is 1. The minimum Gasteiger partial charge on any atom is -0.449 e. The smallest absolute Gasteiger partial charge is 0.427 e. The molecule has 0 radical (unpaired) electrons. The van der Waals surface area contributed by atoms with Crippen LogP contribution in [0.2, 0.25) is 0 Å². The van der Waals surface area contributed by atoms with Crippen molar-refractivity contribution >= 4 is 12.3 Å². The Labute approximate surface area is 113 Å². The number of hydrogen-bond acceptors (Lipinski definition) is 4. The first-order chi connectivity index (χ1) is 9.10. The number of rotatable bonds is 6. The molecule has 1 N–H and O–H groups in total. The van der Waals surface area contributed by atoms with E-state index in [-0.39, 0.29) is 0 Å². The monoisotopic (exact) mass is 267 g/mol. The third-order valence-electron chi connectivity index (χ3n) is 2.77. The molecule has 0 spiro atoms. The molecular formula is C13H21N3O3. The van der Waals surface area contributed by atoms with Crippen LogP contribution >= 0.6 is 0 Å². The highest BCUT2D eigenvalue weighted by atomic mass is 16.5. The summed E-state index contributed by atoms with van der Waals surface area (Å²) in [6.45, 7) is 7.56. The van der Waals surface area contributed by atoms with Gasteiger partial charge >= 0.3 is 6.09 Å². The van der Waals surface area contributed by atoms with Gasteiger partial charge in [0.25, 0.3) is 0 Å². The topological polar surface area (TPSA) is 64.8 Å². The van der Waals surface area contributed by atoms with Crippen LogP contribution in [0.1, 0.15) is 23.9 Å². The molecule has 0 saturated heterocycles. The second-order valence-corrected chi connectivity index (χ2v) is 4.06. The number of amides is 1. The van der Waals surface area contributed by atoms with Crippen LogP contribution in [0.4, 0.5) is 4.79 Å². The van der Waals surface area contributed by atoms with Gasteiger partial charge in [0, 0.05) is 30.6 Å². The molecule has 0 aliphatic carbocycles. The Morgan fingerprint density at radius 1 is 1.53 bits per heavy atom. The van der Waals surface area contributed by atoms with Gasteiger partial charge in [-0.1, -0.05) is 0 Å². The van der Waals surface area contributed by atoms with Gasteiger partial charge in [-0.05, 0) is 26.8 Å². The van der Waals surface area contributed by atoms with Crippen molar-refractivity contribution in [2.24, 2.45) is 5.10 Å². The lowest BCUT2D eigenvalue weighted by molar-refractivity contribution is 0.152. The Morgan fingerprint density at radius 3 is 2.89 bits per heavy atom. The van der Waals surface area contributed by atoms with Crippen LogP contribution in [0.15, 0.2) is 11.2 Å². The lowest BCUT2D eigenvalue weighted by Gasteiger charge is -2.08. The molecule has 6 nitrogen and oxygen atoms in total. The summed E-state index contributed by atoms with van der Waals surface area (Å²) in [7, 11) is 1.68. The number of ether oxygens (including phenoxy) is 2. The summed E-state index contributed by atoms with van der Waals surface area (Å²) >= 11 is 0. The Morgan fingerprint density at radius 2 is 2.26 bits per heavy atom. The van der Waals surface area contributed by atoms with Crippen LogP contribution in [-0.4, -0.2) is 37.2 Å². The predicted molar refractivity (Wildman–Crippen MR) is 73.5 cm³/mol. The summed E-state index contributed by atoms with van der Waals surface area (Å²) in [5.74, 6) is 0. The number of carbonyl (C=O) groups excluding carboxylic acids is 1. The SMILES string of the molecule is CCOC(=O)NN=Cc1cc(C)n(CCOC)c1C. The van der Waals surface area contributed by atoms with Crippen molar-refractivity contribution in [2.75, 3.05) is 20.3 Å². The third-order valence-corrected chi connectivity index (χ3v) is 2.77. The lowest BCUT2D eigenvalue weighted by Crippen LogP contribution is -2.18. The van der Waals surface area contributed by atoms with Crippen molar-refractivity contribution in [2.45, 2.75) is 27.3 Å². The number of nitrogens with one attached hydrogen (secondary N) is 1. The summed E-state index contributed by atoms with van der Waals surface area (Å²) in [6.07, 6.45) is 1.06. The Bertz CT molecular complexity index is 452. The van der Waals surface area contributed by atoms with E-state index < -0.39 is 6.09 Å². The maximum atomic E-state index is 11.1. The molecule has 0 saturated carbocycles. The van der Waals surface area contributed by atoms with E-state index in [1.54, 1.807) is 20.2 Å². The first-order valence-corrected chi connectivity index (χ1v) is 6.21. The standard InChI is InChI=1S/C13H21N3O3/c1-5-19-13(17)15-14-9-12-8-10(2)16(11(12)3)6-7-18-4/h8-9H,5-7H2,1-4H3,(H,15,17). The first kappa shape index (κ1) is 15.2. The molecule has 0 aliphatic rings. The van der Waals surface area contributed by atoms with Crippen molar-refractivity contribution in [1.82, 2.24) is 9.99 Å². The second-order valence-electron chi connectivity index (χ2n) is 4.06. The molecule has 0 fully saturated rings. The van der Waals surface area contributed by atoms with E-state index in [2.05, 4.69) is 15.1 Å². The van der Waals surface area contributed by atoms with Gasteiger partial charge in [-0.15, -0.1) is 0 Å². The molecule has 0 aromatic carbocycles. The lowest BCUT2D eigenvalue weighted by atomic mass is 10.3. The van der Waals surface area contributed by atoms with Gasteiger partial charge in [0.15, 0.2) is 0 Å². The Kier molecular flexibility index (Phi) is 6.08. The maximum Gasteiger partial charge on any atom is 0.427 e. The zero-order valence-electron chi connectivity index (χ0n) is 11.9. The highest BCUT2D eigenvalue weighted by molar-refractivity contribution is 5.82. The van der Waals surface area contributed by atoms with Crippen molar-refractivity contribution in [1.29, 1.82) is 0 Å². The molecule has 6 heteroatoms. The van der Waals surface area contributed by atoms with Crippen molar-refractivity contribution < 1.29 is 14.3 Å². The van der Waals surface area contributed by atoms with Crippen molar-refractivity contribution in [3.05, 3.63) is 23.0 Å². The fourth-order valence-electron chi connectivity index (χ4n) is 1.80. The normalized spacial score (nSPS) is 10.9. The van der Waals surface area contributed by atoms with E-state index in [0.717, 1.165) is 23.5 Å². The van der Waals surface area contributed by atoms with E-state index >= 15 is 0 Å². The predicted octanol–water partition coefficient (Wildman–Crippen LogP) is 1.83. The summed E-state index contributed by atoms with van der Waals surface area (Å²) in [4.78, 5) is 11.1. The molecule has 106 valence electrons. The second kappa shape index (κ2) is 7.58. The zero-order valence-corrected chi connectivity index (χ0v) is 11.9. The fourth-order valence-corrected chi connectivity index (χ4v) is 1.80. The quantitative estimate of drug-likeness (QED) is 0.631. The van der Waals surface area contributed by atoms with Gasteiger partial charge in [-0.2, -0.15) is 5.10 Å². The fraction of sp³-hybridized carbons (Fsp3) is 0.538. The molecule has 0 unspecified atom stereocenters. The first-order valence-electron chi connectivity index (χ1n) is 6.21. The van der Waals surface area contributed by atoms with Crippen LogP contribution < -0.4 is 5.43 Å². The van der Waals surface area contributed by atoms with Gasteiger partial charge < -0.3 is 14.0 Å². The van der Waals surface area contributed by atoms with E-state index in [1.807, 2.05) is 19.9 Å². The Hall–Kier alpha value is -1.82. The number of carbonyl (C=O) groups is 1. The average molecular weight is 267 g/mol. The molecule has 1 rings (SSSR count). The number of hydrogen-bond donors (Lipinski definition) is 1. The molecule has 0 atom stereocenters. The highest BCUT2D eigenvalue weighted by Gasteiger charge is 2.07. The van der Waals surface area contributed by atoms with Crippen molar-refractivity contribution in [3.8, 4) is 0 Å². The van der Waals surface area contributed by atoms with E-state index in [9.17, 15) is 4.79 Å². The highest BCUT2D eigenvalue weighted by Crippen LogP contribution is 2.12. The molecule has 1 heterocycles. The minimum atomic E-state index is -0.549. The molecule has 0 aliphatic heterocycles. The van der Waals surface area contributed by atoms with Crippen LogP contribution in [0.5, 0.6) is 0 Å². The largest absolute Gasteiger partial charge is 0.449 e. The number of aryl methyl sites for hydroxylation is 1. The average Bonchev–Trinajstić information content (AvgIpc) is 2.63. The molecule has 1 aromatic rings. The van der Waals surface area contributed by atoms with Gasteiger partial charge in [-0.25, -0.2) is 10.2 Å². The Balaban J connectivity index is 2.68. The van der Waals surface area contributed by atoms with Crippen LogP contribution in [-0.2, 0) is 16.0 Å². The van der Waals surface area contributed by atoms with Crippen LogP contribution in [0, 0.1) is 13.8 Å². The number of methoxy groups -OCH3 is 1. The molecule has 19 heavy (non-hydrogen) atoms. The molecule has 1 amide bonds. The van der Waals surface area contributed by atoms with E-state index in [0.29, 0.717) is 13.2 Å². The van der Waals surface area contributed by atoms with E-state index in [1.165, 1.54) is 0 Å². The minimum absolute atomic E-state index is 0.326. The maximum absolute atomic E-state index is 11.1. The van der Waals surface area contributed by atoms with Crippen LogP contribution in [0.25, 0.3) is 0 Å². The summed E-state index contributed by atoms with van der Waals surface area (Å²) in [5.41, 5.74) is 5.49. The van der Waals surface area contributed by atoms with Gasteiger partial charge in [0.05, 0.1) is 19.4 Å². The van der Waals surface area contributed by atoms with Gasteiger partial charge in [0.2, 0.25) is 0 Å². The van der Waals surface area contributed by atoms with E-state index in [4.69, 9.17) is 9.47 Å². The summed E-state index contributed by atoms with van der Waals surface area (Å²) in [6, 6.07) is 2.02. The zero-order chi connectivity index (χ0) is 14.3. The van der Waals surface area contributed by atoms with Gasteiger partial charge in [0.1, 0.15) is 0 Å². The molecular weight excluding hydrogens is 246 g/mol. The summed E-state index contributed by atoms with van der Waals surface area (Å²) < 4.78 is 11.9. The van der Waals surface area contributed by atoms with Crippen molar-refractivity contribution in [3.63, 3.8) is 0 Å². The van der Waals surface area contributed by atoms with Gasteiger partial charge in [-0.3, -0.25) is 0 Å².